The molecule has 0 fully saturated rings. The summed E-state index contributed by atoms with van der Waals surface area (Å²) in [5.41, 5.74) is 3.30. The summed E-state index contributed by atoms with van der Waals surface area (Å²) in [6.45, 7) is 0.406. The molecule has 0 saturated heterocycles. The van der Waals surface area contributed by atoms with E-state index in [-0.39, 0.29) is 11.5 Å². The number of nitrogens with two attached hydrogens (primary N) is 1. The topological polar surface area (TPSA) is 77.1 Å². The molecule has 0 unspecified atom stereocenters. The summed E-state index contributed by atoms with van der Waals surface area (Å²) in [6, 6.07) is 8.59. The Balaban J connectivity index is 2.33. The van der Waals surface area contributed by atoms with E-state index in [1.165, 1.54) is 0 Å². The fourth-order valence-corrected chi connectivity index (χ4v) is 2.60. The zero-order valence-electron chi connectivity index (χ0n) is 10.3. The van der Waals surface area contributed by atoms with Gasteiger partial charge in [0.05, 0.1) is 11.0 Å². The van der Waals surface area contributed by atoms with Gasteiger partial charge in [0.25, 0.3) is 11.5 Å². The average molecular weight is 401 g/mol. The highest BCUT2D eigenvalue weighted by molar-refractivity contribution is 9.10. The normalized spacial score (nSPS) is 10.3. The quantitative estimate of drug-likeness (QED) is 0.470. The van der Waals surface area contributed by atoms with Crippen molar-refractivity contribution in [3.63, 3.8) is 0 Å². The summed E-state index contributed by atoms with van der Waals surface area (Å²) < 4.78 is 2.83. The molecule has 0 atom stereocenters. The van der Waals surface area contributed by atoms with Crippen LogP contribution in [-0.2, 0) is 6.54 Å². The number of halogens is 2. The number of hydrogen-bond acceptors (Lipinski definition) is 3. The molecule has 7 heteroatoms. The number of benzene rings is 1. The minimum atomic E-state index is -0.364. The molecule has 5 nitrogen and oxygen atoms in total. The number of rotatable bonds is 3. The summed E-state index contributed by atoms with van der Waals surface area (Å²) >= 11 is 6.60. The largest absolute Gasteiger partial charge is 0.310 e. The van der Waals surface area contributed by atoms with Gasteiger partial charge >= 0.3 is 0 Å². The van der Waals surface area contributed by atoms with E-state index >= 15 is 0 Å². The predicted octanol–water partition coefficient (Wildman–Crippen LogP) is 2.03. The molecule has 1 heterocycles. The van der Waals surface area contributed by atoms with Crippen LogP contribution in [0.15, 0.2) is 50.3 Å². The van der Waals surface area contributed by atoms with E-state index in [0.29, 0.717) is 16.6 Å². The van der Waals surface area contributed by atoms with Gasteiger partial charge in [0.15, 0.2) is 0 Å². The number of nitrogens with zero attached hydrogens (tertiary/aromatic N) is 1. The molecule has 0 aliphatic carbocycles. The Morgan fingerprint density at radius 1 is 1.25 bits per heavy atom. The van der Waals surface area contributed by atoms with E-state index in [2.05, 4.69) is 37.3 Å². The number of carbonyl (C=O) groups excluding carboxylic acids is 1. The van der Waals surface area contributed by atoms with Crippen molar-refractivity contribution >= 4 is 37.8 Å². The van der Waals surface area contributed by atoms with Gasteiger partial charge in [0.2, 0.25) is 0 Å². The molecular formula is C13H11Br2N3O2. The van der Waals surface area contributed by atoms with Gasteiger partial charge in [-0.1, -0.05) is 22.0 Å². The number of amides is 1. The van der Waals surface area contributed by atoms with Crippen LogP contribution in [0.4, 0.5) is 0 Å². The molecule has 0 aliphatic heterocycles. The molecular weight excluding hydrogens is 390 g/mol. The monoisotopic (exact) mass is 399 g/mol. The number of hydrazine groups is 1. The summed E-state index contributed by atoms with van der Waals surface area (Å²) in [6.07, 6.45) is 1.71. The molecule has 1 amide bonds. The van der Waals surface area contributed by atoms with Crippen molar-refractivity contribution < 1.29 is 4.79 Å². The lowest BCUT2D eigenvalue weighted by molar-refractivity contribution is 0.0953. The number of aromatic nitrogens is 1. The predicted molar refractivity (Wildman–Crippen MR) is 83.3 cm³/mol. The van der Waals surface area contributed by atoms with E-state index in [0.717, 1.165) is 10.0 Å². The lowest BCUT2D eigenvalue weighted by Gasteiger charge is -2.09. The van der Waals surface area contributed by atoms with E-state index in [4.69, 9.17) is 5.84 Å². The van der Waals surface area contributed by atoms with Crippen LogP contribution >= 0.6 is 31.9 Å². The minimum Gasteiger partial charge on any atom is -0.310 e. The van der Waals surface area contributed by atoms with Gasteiger partial charge in [-0.15, -0.1) is 0 Å². The van der Waals surface area contributed by atoms with E-state index in [9.17, 15) is 9.59 Å². The third-order valence-corrected chi connectivity index (χ3v) is 4.10. The Labute approximate surface area is 132 Å². The van der Waals surface area contributed by atoms with Gasteiger partial charge in [-0.25, -0.2) is 5.84 Å². The van der Waals surface area contributed by atoms with Crippen LogP contribution in [0.1, 0.15) is 15.9 Å². The zero-order valence-corrected chi connectivity index (χ0v) is 13.4. The SMILES string of the molecule is NNC(=O)c1ccc(Cn2cccc(Br)c2=O)c(Br)c1. The first-order valence-corrected chi connectivity index (χ1v) is 7.26. The van der Waals surface area contributed by atoms with Crippen LogP contribution < -0.4 is 16.8 Å². The first kappa shape index (κ1) is 15.0. The standard InChI is InChI=1S/C13H11Br2N3O2/c14-10-2-1-5-18(13(10)20)7-9-4-3-8(6-11(9)15)12(19)17-16/h1-6H,7,16H2,(H,17,19). The van der Waals surface area contributed by atoms with Crippen LogP contribution in [0.2, 0.25) is 0 Å². The lowest BCUT2D eigenvalue weighted by atomic mass is 10.1. The second kappa shape index (κ2) is 6.34. The third-order valence-electron chi connectivity index (χ3n) is 2.76. The van der Waals surface area contributed by atoms with Crippen molar-refractivity contribution in [2.24, 2.45) is 5.84 Å². The van der Waals surface area contributed by atoms with Crippen molar-refractivity contribution in [3.05, 3.63) is 67.0 Å². The fourth-order valence-electron chi connectivity index (χ4n) is 1.72. The molecule has 0 spiro atoms. The summed E-state index contributed by atoms with van der Waals surface area (Å²) in [4.78, 5) is 23.3. The number of nitrogen functional groups attached to an aromatic ring is 1. The number of hydrogen-bond donors (Lipinski definition) is 2. The van der Waals surface area contributed by atoms with Crippen molar-refractivity contribution in [1.29, 1.82) is 0 Å². The number of carbonyl (C=O) groups is 1. The van der Waals surface area contributed by atoms with Crippen molar-refractivity contribution in [1.82, 2.24) is 9.99 Å². The molecule has 0 bridgehead atoms. The van der Waals surface area contributed by atoms with Crippen molar-refractivity contribution in [2.75, 3.05) is 0 Å². The van der Waals surface area contributed by atoms with Gasteiger partial charge in [0.1, 0.15) is 0 Å². The van der Waals surface area contributed by atoms with Crippen LogP contribution in [-0.4, -0.2) is 10.5 Å². The highest BCUT2D eigenvalue weighted by Crippen LogP contribution is 2.19. The Morgan fingerprint density at radius 3 is 2.65 bits per heavy atom. The molecule has 2 rings (SSSR count). The second-order valence-electron chi connectivity index (χ2n) is 4.07. The Morgan fingerprint density at radius 2 is 2.00 bits per heavy atom. The zero-order chi connectivity index (χ0) is 14.7. The maximum absolute atomic E-state index is 11.9. The van der Waals surface area contributed by atoms with Gasteiger partial charge in [-0.05, 0) is 45.8 Å². The molecule has 104 valence electrons. The van der Waals surface area contributed by atoms with Crippen molar-refractivity contribution in [2.45, 2.75) is 6.54 Å². The fraction of sp³-hybridized carbons (Fsp3) is 0.0769. The van der Waals surface area contributed by atoms with E-state index in [1.54, 1.807) is 41.1 Å². The molecule has 0 radical (unpaired) electrons. The van der Waals surface area contributed by atoms with Gasteiger partial charge < -0.3 is 4.57 Å². The van der Waals surface area contributed by atoms with Crippen LogP contribution in [0, 0.1) is 0 Å². The second-order valence-corrected chi connectivity index (χ2v) is 5.78. The molecule has 0 aliphatic rings. The highest BCUT2D eigenvalue weighted by atomic mass is 79.9. The van der Waals surface area contributed by atoms with Gasteiger partial charge in [-0.2, -0.15) is 0 Å². The van der Waals surface area contributed by atoms with Crippen LogP contribution in [0.25, 0.3) is 0 Å². The first-order chi connectivity index (χ1) is 9.52. The third kappa shape index (κ3) is 3.17. The molecule has 1 aromatic carbocycles. The lowest BCUT2D eigenvalue weighted by Crippen LogP contribution is -2.30. The Hall–Kier alpha value is -1.44. The molecule has 3 N–H and O–H groups in total. The molecule has 1 aromatic heterocycles. The highest BCUT2D eigenvalue weighted by Gasteiger charge is 2.08. The molecule has 20 heavy (non-hydrogen) atoms. The van der Waals surface area contributed by atoms with Crippen LogP contribution in [0.3, 0.4) is 0 Å². The summed E-state index contributed by atoms with van der Waals surface area (Å²) in [5.74, 6) is 4.72. The van der Waals surface area contributed by atoms with E-state index < -0.39 is 0 Å². The van der Waals surface area contributed by atoms with E-state index in [1.807, 2.05) is 0 Å². The average Bonchev–Trinajstić information content (AvgIpc) is 2.45. The molecule has 0 saturated carbocycles. The minimum absolute atomic E-state index is 0.108. The summed E-state index contributed by atoms with van der Waals surface area (Å²) in [5, 5.41) is 0. The number of nitrogens with one attached hydrogen (secondary N) is 1. The molecule has 2 aromatic rings. The number of pyridine rings is 1. The smallest absolute Gasteiger partial charge is 0.265 e. The maximum Gasteiger partial charge on any atom is 0.265 e. The Kier molecular flexibility index (Phi) is 4.74. The van der Waals surface area contributed by atoms with Crippen molar-refractivity contribution in [3.8, 4) is 0 Å². The maximum atomic E-state index is 11.9. The van der Waals surface area contributed by atoms with Gasteiger partial charge in [-0.3, -0.25) is 15.0 Å². The van der Waals surface area contributed by atoms with Crippen LogP contribution in [0.5, 0.6) is 0 Å². The Bertz CT molecular complexity index is 713. The summed E-state index contributed by atoms with van der Waals surface area (Å²) in [7, 11) is 0. The van der Waals surface area contributed by atoms with Gasteiger partial charge in [0, 0.05) is 16.2 Å². The first-order valence-electron chi connectivity index (χ1n) is 5.67.